The van der Waals surface area contributed by atoms with E-state index in [2.05, 4.69) is 48.6 Å². The molecule has 0 amide bonds. The van der Waals surface area contributed by atoms with Crippen molar-refractivity contribution in [1.82, 2.24) is 5.32 Å². The van der Waals surface area contributed by atoms with Gasteiger partial charge in [0.25, 0.3) is 0 Å². The van der Waals surface area contributed by atoms with Crippen molar-refractivity contribution in [2.75, 3.05) is 25.6 Å². The van der Waals surface area contributed by atoms with Gasteiger partial charge < -0.3 is 15.0 Å². The van der Waals surface area contributed by atoms with Crippen LogP contribution < -0.4 is 10.2 Å². The Bertz CT molecular complexity index is 411. The lowest BCUT2D eigenvalue weighted by atomic mass is 10.1. The van der Waals surface area contributed by atoms with Crippen molar-refractivity contribution >= 4 is 5.69 Å². The molecule has 2 fully saturated rings. The summed E-state index contributed by atoms with van der Waals surface area (Å²) in [6.07, 6.45) is 4.36. The predicted octanol–water partition coefficient (Wildman–Crippen LogP) is 2.41. The first-order valence-corrected chi connectivity index (χ1v) is 7.35. The molecule has 0 spiro atoms. The van der Waals surface area contributed by atoms with Crippen LogP contribution >= 0.6 is 0 Å². The highest BCUT2D eigenvalue weighted by atomic mass is 16.5. The van der Waals surface area contributed by atoms with Gasteiger partial charge in [0.05, 0.1) is 6.10 Å². The summed E-state index contributed by atoms with van der Waals surface area (Å²) in [4.78, 5) is 2.13. The second kappa shape index (κ2) is 5.51. The molecular weight excluding hydrogens is 236 g/mol. The molecule has 3 heteroatoms. The highest BCUT2D eigenvalue weighted by Crippen LogP contribution is 2.38. The first kappa shape index (κ1) is 12.9. The molecular formula is C16H24N2O. The Balaban J connectivity index is 1.53. The van der Waals surface area contributed by atoms with Crippen LogP contribution in [0.3, 0.4) is 0 Å². The van der Waals surface area contributed by atoms with Crippen LogP contribution in [0.5, 0.6) is 0 Å². The van der Waals surface area contributed by atoms with E-state index in [4.69, 9.17) is 4.74 Å². The Kier molecular flexibility index (Phi) is 3.76. The van der Waals surface area contributed by atoms with Crippen LogP contribution in [0, 0.1) is 5.92 Å². The normalized spacial score (nSPS) is 26.6. The zero-order valence-electron chi connectivity index (χ0n) is 11.9. The number of nitrogens with zero attached hydrogens (tertiary/aromatic N) is 1. The van der Waals surface area contributed by atoms with Gasteiger partial charge in [-0.1, -0.05) is 12.1 Å². The van der Waals surface area contributed by atoms with Crippen molar-refractivity contribution in [2.24, 2.45) is 5.92 Å². The Hall–Kier alpha value is -1.06. The molecule has 1 N–H and O–H groups in total. The van der Waals surface area contributed by atoms with Crippen molar-refractivity contribution in [3.8, 4) is 0 Å². The van der Waals surface area contributed by atoms with E-state index in [1.165, 1.54) is 24.1 Å². The Morgan fingerprint density at radius 2 is 1.89 bits per heavy atom. The van der Waals surface area contributed by atoms with Gasteiger partial charge in [0, 0.05) is 39.0 Å². The average Bonchev–Trinajstić information content (AvgIpc) is 3.16. The molecule has 1 aromatic carbocycles. The summed E-state index contributed by atoms with van der Waals surface area (Å²) < 4.78 is 5.86. The monoisotopic (exact) mass is 260 g/mol. The van der Waals surface area contributed by atoms with Crippen LogP contribution in [-0.2, 0) is 11.3 Å². The summed E-state index contributed by atoms with van der Waals surface area (Å²) in [6, 6.07) is 9.34. The van der Waals surface area contributed by atoms with Gasteiger partial charge in [0.1, 0.15) is 0 Å². The molecule has 19 heavy (non-hydrogen) atoms. The zero-order chi connectivity index (χ0) is 13.2. The van der Waals surface area contributed by atoms with Crippen LogP contribution in [0.2, 0.25) is 0 Å². The van der Waals surface area contributed by atoms with Crippen molar-refractivity contribution in [2.45, 2.75) is 38.0 Å². The molecule has 1 saturated carbocycles. The standard InChI is InChI=1S/C16H24N2O/c1-18(2)14-7-3-12(4-8-14)11-17-15-9-10-19-16(15)13-5-6-13/h3-4,7-8,13,15-17H,5-6,9-11H2,1-2H3. The highest BCUT2D eigenvalue weighted by Gasteiger charge is 2.40. The number of hydrogen-bond acceptors (Lipinski definition) is 3. The molecule has 2 atom stereocenters. The lowest BCUT2D eigenvalue weighted by Crippen LogP contribution is -2.37. The van der Waals surface area contributed by atoms with Crippen molar-refractivity contribution in [3.05, 3.63) is 29.8 Å². The van der Waals surface area contributed by atoms with Crippen molar-refractivity contribution in [3.63, 3.8) is 0 Å². The molecule has 1 heterocycles. The van der Waals surface area contributed by atoms with E-state index in [1.807, 2.05) is 0 Å². The van der Waals surface area contributed by atoms with Gasteiger partial charge in [0.15, 0.2) is 0 Å². The molecule has 1 saturated heterocycles. The third kappa shape index (κ3) is 3.10. The lowest BCUT2D eigenvalue weighted by molar-refractivity contribution is 0.0809. The molecule has 0 bridgehead atoms. The SMILES string of the molecule is CN(C)c1ccc(CNC2CCOC2C2CC2)cc1. The summed E-state index contributed by atoms with van der Waals surface area (Å²) >= 11 is 0. The Morgan fingerprint density at radius 1 is 1.16 bits per heavy atom. The van der Waals surface area contributed by atoms with Crippen LogP contribution in [0.25, 0.3) is 0 Å². The van der Waals surface area contributed by atoms with E-state index in [9.17, 15) is 0 Å². The number of nitrogens with one attached hydrogen (secondary N) is 1. The second-order valence-corrected chi connectivity index (χ2v) is 6.01. The first-order chi connectivity index (χ1) is 9.24. The first-order valence-electron chi connectivity index (χ1n) is 7.35. The van der Waals surface area contributed by atoms with Gasteiger partial charge in [-0.05, 0) is 42.9 Å². The van der Waals surface area contributed by atoms with Gasteiger partial charge in [-0.3, -0.25) is 0 Å². The molecule has 1 aromatic rings. The average molecular weight is 260 g/mol. The number of ether oxygens (including phenoxy) is 1. The lowest BCUT2D eigenvalue weighted by Gasteiger charge is -2.20. The minimum atomic E-state index is 0.473. The van der Waals surface area contributed by atoms with E-state index in [1.54, 1.807) is 0 Å². The van der Waals surface area contributed by atoms with Crippen LogP contribution in [0.1, 0.15) is 24.8 Å². The molecule has 2 aliphatic rings. The summed E-state index contributed by atoms with van der Waals surface area (Å²) in [5.74, 6) is 0.830. The maximum absolute atomic E-state index is 5.86. The quantitative estimate of drug-likeness (QED) is 0.880. The summed E-state index contributed by atoms with van der Waals surface area (Å²) in [5, 5.41) is 3.68. The van der Waals surface area contributed by atoms with Crippen LogP contribution in [0.4, 0.5) is 5.69 Å². The Morgan fingerprint density at radius 3 is 2.53 bits per heavy atom. The van der Waals surface area contributed by atoms with Gasteiger partial charge in [0.2, 0.25) is 0 Å². The number of hydrogen-bond donors (Lipinski definition) is 1. The topological polar surface area (TPSA) is 24.5 Å². The fraction of sp³-hybridized carbons (Fsp3) is 0.625. The zero-order valence-corrected chi connectivity index (χ0v) is 11.9. The molecule has 0 aromatic heterocycles. The third-order valence-corrected chi connectivity index (χ3v) is 4.24. The summed E-state index contributed by atoms with van der Waals surface area (Å²) in [7, 11) is 4.15. The number of benzene rings is 1. The smallest absolute Gasteiger partial charge is 0.0757 e. The van der Waals surface area contributed by atoms with Gasteiger partial charge in [-0.15, -0.1) is 0 Å². The van der Waals surface area contributed by atoms with E-state index < -0.39 is 0 Å². The molecule has 3 nitrogen and oxygen atoms in total. The van der Waals surface area contributed by atoms with E-state index in [-0.39, 0.29) is 0 Å². The molecule has 1 aliphatic carbocycles. The fourth-order valence-corrected chi connectivity index (χ4v) is 2.88. The van der Waals surface area contributed by atoms with E-state index >= 15 is 0 Å². The number of anilines is 1. The largest absolute Gasteiger partial charge is 0.378 e. The minimum Gasteiger partial charge on any atom is -0.378 e. The molecule has 104 valence electrons. The fourth-order valence-electron chi connectivity index (χ4n) is 2.88. The summed E-state index contributed by atoms with van der Waals surface area (Å²) in [5.41, 5.74) is 2.61. The maximum atomic E-state index is 5.86. The van der Waals surface area contributed by atoms with Crippen molar-refractivity contribution < 1.29 is 4.74 Å². The van der Waals surface area contributed by atoms with Gasteiger partial charge in [-0.25, -0.2) is 0 Å². The maximum Gasteiger partial charge on any atom is 0.0757 e. The van der Waals surface area contributed by atoms with E-state index in [0.717, 1.165) is 25.5 Å². The van der Waals surface area contributed by atoms with Crippen LogP contribution in [0.15, 0.2) is 24.3 Å². The third-order valence-electron chi connectivity index (χ3n) is 4.24. The predicted molar refractivity (Wildman–Crippen MR) is 78.5 cm³/mol. The summed E-state index contributed by atoms with van der Waals surface area (Å²) in [6.45, 7) is 1.88. The second-order valence-electron chi connectivity index (χ2n) is 6.01. The molecule has 0 radical (unpaired) electrons. The van der Waals surface area contributed by atoms with E-state index in [0.29, 0.717) is 12.1 Å². The number of rotatable bonds is 5. The molecule has 2 unspecified atom stereocenters. The van der Waals surface area contributed by atoms with Crippen molar-refractivity contribution in [1.29, 1.82) is 0 Å². The van der Waals surface area contributed by atoms with Gasteiger partial charge in [-0.2, -0.15) is 0 Å². The Labute approximate surface area is 115 Å². The molecule has 3 rings (SSSR count). The minimum absolute atomic E-state index is 0.473. The van der Waals surface area contributed by atoms with Crippen LogP contribution in [-0.4, -0.2) is 32.8 Å². The highest BCUT2D eigenvalue weighted by molar-refractivity contribution is 5.45. The molecule has 1 aliphatic heterocycles. The van der Waals surface area contributed by atoms with Gasteiger partial charge >= 0.3 is 0 Å².